The number of alkyl halides is 5. The number of rotatable bonds is 5. The molecule has 12 heteroatoms. The van der Waals surface area contributed by atoms with Crippen LogP contribution in [-0.2, 0) is 12.7 Å². The van der Waals surface area contributed by atoms with E-state index in [1.807, 2.05) is 0 Å². The maximum Gasteiger partial charge on any atom is 0.435 e. The minimum Gasteiger partial charge on any atom is -0.369 e. The Morgan fingerprint density at radius 3 is 2.58 bits per heavy atom. The van der Waals surface area contributed by atoms with Crippen molar-refractivity contribution in [3.63, 3.8) is 0 Å². The summed E-state index contributed by atoms with van der Waals surface area (Å²) in [5.41, 5.74) is 0.0591. The second kappa shape index (κ2) is 8.07. The number of hydrogen-bond donors (Lipinski definition) is 1. The molecule has 2 aliphatic rings. The third-order valence-electron chi connectivity index (χ3n) is 6.50. The van der Waals surface area contributed by atoms with Gasteiger partial charge in [0.2, 0.25) is 0 Å². The maximum absolute atomic E-state index is 13.3. The Morgan fingerprint density at radius 2 is 1.88 bits per heavy atom. The van der Waals surface area contributed by atoms with E-state index < -0.39 is 24.8 Å². The van der Waals surface area contributed by atoms with Crippen LogP contribution in [-0.4, -0.2) is 50.3 Å². The Bertz CT molecular complexity index is 1130. The highest BCUT2D eigenvalue weighted by atomic mass is 19.4. The van der Waals surface area contributed by atoms with E-state index in [1.54, 1.807) is 11.1 Å². The van der Waals surface area contributed by atoms with Crippen LogP contribution in [0.2, 0.25) is 0 Å². The highest BCUT2D eigenvalue weighted by Crippen LogP contribution is 2.47. The fraction of sp³-hybridized carbons (Fsp3) is 0.524. The minimum atomic E-state index is -4.48. The lowest BCUT2D eigenvalue weighted by Crippen LogP contribution is -2.59. The Morgan fingerprint density at radius 1 is 1.12 bits per heavy atom. The Hall–Kier alpha value is -3.05. The number of nitrogens with one attached hydrogen (secondary N) is 1. The average molecular weight is 467 g/mol. The normalized spacial score (nSPS) is 18.8. The highest BCUT2D eigenvalue weighted by molar-refractivity contribution is 5.71. The molecule has 1 saturated carbocycles. The Labute approximate surface area is 186 Å². The predicted octanol–water partition coefficient (Wildman–Crippen LogP) is 4.37. The first kappa shape index (κ1) is 21.8. The minimum absolute atomic E-state index is 0.00239. The molecule has 1 aliphatic heterocycles. The van der Waals surface area contributed by atoms with Crippen LogP contribution >= 0.6 is 0 Å². The van der Waals surface area contributed by atoms with Gasteiger partial charge in [0, 0.05) is 30.7 Å². The van der Waals surface area contributed by atoms with Gasteiger partial charge in [0.25, 0.3) is 6.43 Å². The Balaban J connectivity index is 1.20. The molecule has 33 heavy (non-hydrogen) atoms. The molecule has 1 spiro atoms. The lowest BCUT2D eigenvalue weighted by atomic mass is 9.67. The van der Waals surface area contributed by atoms with Gasteiger partial charge in [0.15, 0.2) is 11.3 Å². The summed E-state index contributed by atoms with van der Waals surface area (Å²) in [7, 11) is 0. The zero-order chi connectivity index (χ0) is 23.2. The van der Waals surface area contributed by atoms with E-state index in [1.165, 1.54) is 24.5 Å². The first-order valence-electron chi connectivity index (χ1n) is 10.7. The first-order chi connectivity index (χ1) is 15.7. The molecule has 5 rings (SSSR count). The number of pyridine rings is 1. The average Bonchev–Trinajstić information content (AvgIpc) is 3.14. The molecule has 2 fully saturated rings. The molecule has 7 nitrogen and oxygen atoms in total. The Kier molecular flexibility index (Phi) is 5.32. The second-order valence-corrected chi connectivity index (χ2v) is 8.83. The smallest absolute Gasteiger partial charge is 0.369 e. The number of halogens is 5. The van der Waals surface area contributed by atoms with E-state index >= 15 is 0 Å². The molecule has 0 bridgehead atoms. The molecule has 0 unspecified atom stereocenters. The van der Waals surface area contributed by atoms with E-state index in [0.717, 1.165) is 30.4 Å². The van der Waals surface area contributed by atoms with E-state index in [0.29, 0.717) is 30.1 Å². The summed E-state index contributed by atoms with van der Waals surface area (Å²) in [6.45, 7) is 0.608. The van der Waals surface area contributed by atoms with Crippen molar-refractivity contribution in [1.29, 1.82) is 0 Å². The van der Waals surface area contributed by atoms with Crippen LogP contribution in [0.25, 0.3) is 11.2 Å². The maximum atomic E-state index is 13.3. The molecule has 176 valence electrons. The van der Waals surface area contributed by atoms with Crippen molar-refractivity contribution >= 4 is 22.7 Å². The van der Waals surface area contributed by atoms with Gasteiger partial charge in [0.1, 0.15) is 17.9 Å². The molecule has 0 atom stereocenters. The summed E-state index contributed by atoms with van der Waals surface area (Å²) in [6.07, 6.45) is 0.547. The van der Waals surface area contributed by atoms with Crippen molar-refractivity contribution in [2.45, 2.75) is 50.9 Å². The third-order valence-corrected chi connectivity index (χ3v) is 6.50. The summed E-state index contributed by atoms with van der Waals surface area (Å²) in [6, 6.07) is 3.14. The fourth-order valence-electron chi connectivity index (χ4n) is 4.89. The molecular weight excluding hydrogens is 445 g/mol. The lowest BCUT2D eigenvalue weighted by molar-refractivity contribution is -0.140. The summed E-state index contributed by atoms with van der Waals surface area (Å²) >= 11 is 0. The van der Waals surface area contributed by atoms with Crippen LogP contribution in [0.1, 0.15) is 31.4 Å². The largest absolute Gasteiger partial charge is 0.435 e. The quantitative estimate of drug-likeness (QED) is 0.562. The molecule has 3 aromatic rings. The van der Waals surface area contributed by atoms with Crippen molar-refractivity contribution < 1.29 is 22.0 Å². The van der Waals surface area contributed by atoms with Gasteiger partial charge in [-0.2, -0.15) is 18.3 Å². The summed E-state index contributed by atoms with van der Waals surface area (Å²) < 4.78 is 66.4. The number of anilines is 2. The number of hydrogen-bond acceptors (Lipinski definition) is 6. The third kappa shape index (κ3) is 4.30. The van der Waals surface area contributed by atoms with E-state index in [2.05, 4.69) is 25.4 Å². The molecule has 1 N–H and O–H groups in total. The molecular formula is C21H22F5N7. The van der Waals surface area contributed by atoms with Crippen LogP contribution in [0.15, 0.2) is 30.7 Å². The predicted molar refractivity (Wildman–Crippen MR) is 111 cm³/mol. The fourth-order valence-corrected chi connectivity index (χ4v) is 4.89. The van der Waals surface area contributed by atoms with Crippen molar-refractivity contribution in [1.82, 2.24) is 24.7 Å². The zero-order valence-corrected chi connectivity index (χ0v) is 17.6. The van der Waals surface area contributed by atoms with Crippen LogP contribution in [0.4, 0.5) is 33.5 Å². The van der Waals surface area contributed by atoms with Gasteiger partial charge in [-0.3, -0.25) is 0 Å². The van der Waals surface area contributed by atoms with E-state index in [-0.39, 0.29) is 17.1 Å². The monoisotopic (exact) mass is 467 g/mol. The zero-order valence-electron chi connectivity index (χ0n) is 17.6. The second-order valence-electron chi connectivity index (χ2n) is 8.83. The molecule has 0 amide bonds. The summed E-state index contributed by atoms with van der Waals surface area (Å²) in [5.74, 6) is 0.500. The first-order valence-corrected chi connectivity index (χ1v) is 10.7. The van der Waals surface area contributed by atoms with Gasteiger partial charge in [-0.05, 0) is 37.8 Å². The van der Waals surface area contributed by atoms with Crippen LogP contribution in [0.3, 0.4) is 0 Å². The number of nitrogens with zero attached hydrogens (tertiary/aromatic N) is 6. The van der Waals surface area contributed by atoms with Crippen molar-refractivity contribution in [2.75, 3.05) is 23.3 Å². The van der Waals surface area contributed by atoms with Crippen molar-refractivity contribution in [3.05, 3.63) is 36.4 Å². The molecule has 0 aromatic carbocycles. The number of fused-ring (bicyclic) bond motifs is 1. The van der Waals surface area contributed by atoms with Crippen LogP contribution in [0, 0.1) is 5.41 Å². The van der Waals surface area contributed by atoms with Crippen molar-refractivity contribution in [2.24, 2.45) is 5.41 Å². The summed E-state index contributed by atoms with van der Waals surface area (Å²) in [4.78, 5) is 14.0. The van der Waals surface area contributed by atoms with E-state index in [4.69, 9.17) is 0 Å². The molecule has 0 radical (unpaired) electrons. The molecule has 3 aromatic heterocycles. The van der Waals surface area contributed by atoms with Gasteiger partial charge in [0.05, 0.1) is 18.1 Å². The lowest BCUT2D eigenvalue weighted by Gasteiger charge is -2.54. The molecule has 1 saturated heterocycles. The topological polar surface area (TPSA) is 71.8 Å². The van der Waals surface area contributed by atoms with Gasteiger partial charge in [-0.1, -0.05) is 0 Å². The summed E-state index contributed by atoms with van der Waals surface area (Å²) in [5, 5.41) is 7.25. The molecule has 1 aliphatic carbocycles. The molecule has 4 heterocycles. The van der Waals surface area contributed by atoms with Gasteiger partial charge in [-0.25, -0.2) is 28.4 Å². The highest BCUT2D eigenvalue weighted by Gasteiger charge is 2.47. The number of aromatic nitrogens is 5. The standard InChI is InChI=1S/C21H22F5N7/c22-16(23)10-33-19-14(8-29-33)28-9-17(31-19)30-13-3-5-20(6-4-13)11-32(12-20)15-2-1-7-27-18(15)21(24,25)26/h1-2,7-9,13,16H,3-6,10-12H2,(H,30,31). The van der Waals surface area contributed by atoms with Gasteiger partial charge < -0.3 is 10.2 Å². The van der Waals surface area contributed by atoms with Gasteiger partial charge in [-0.15, -0.1) is 0 Å². The van der Waals surface area contributed by atoms with E-state index in [9.17, 15) is 22.0 Å². The van der Waals surface area contributed by atoms with Gasteiger partial charge >= 0.3 is 6.18 Å². The van der Waals surface area contributed by atoms with Crippen LogP contribution in [0.5, 0.6) is 0 Å². The van der Waals surface area contributed by atoms with Crippen LogP contribution < -0.4 is 10.2 Å². The SMILES string of the molecule is FC(F)Cn1ncc2ncc(NC3CCC4(CC3)CN(c3cccnc3C(F)(F)F)C4)nc21. The van der Waals surface area contributed by atoms with Crippen molar-refractivity contribution in [3.8, 4) is 0 Å².